The van der Waals surface area contributed by atoms with Crippen molar-refractivity contribution in [2.24, 2.45) is 0 Å². The summed E-state index contributed by atoms with van der Waals surface area (Å²) in [5, 5.41) is 3.23. The zero-order valence-corrected chi connectivity index (χ0v) is 14.1. The van der Waals surface area contributed by atoms with Crippen LogP contribution >= 0.6 is 0 Å². The van der Waals surface area contributed by atoms with Crippen LogP contribution in [0.25, 0.3) is 0 Å². The van der Waals surface area contributed by atoms with Gasteiger partial charge in [0.15, 0.2) is 5.78 Å². The Balaban J connectivity index is 1.60. The molecule has 24 heavy (non-hydrogen) atoms. The second-order valence-electron chi connectivity index (χ2n) is 6.26. The number of carbonyl (C=O) groups excluding carboxylic acids is 2. The summed E-state index contributed by atoms with van der Waals surface area (Å²) in [6, 6.07) is 15.7. The molecule has 124 valence electrons. The first-order chi connectivity index (χ1) is 11.6. The Morgan fingerprint density at radius 2 is 1.96 bits per heavy atom. The van der Waals surface area contributed by atoms with Crippen LogP contribution in [-0.2, 0) is 11.2 Å². The Morgan fingerprint density at radius 3 is 2.75 bits per heavy atom. The predicted molar refractivity (Wildman–Crippen MR) is 96.6 cm³/mol. The Kier molecular flexibility index (Phi) is 4.65. The van der Waals surface area contributed by atoms with E-state index in [0.29, 0.717) is 18.5 Å². The largest absolute Gasteiger partial charge is 0.385 e. The molecule has 2 aromatic rings. The van der Waals surface area contributed by atoms with Gasteiger partial charge in [0, 0.05) is 35.9 Å². The molecule has 1 aliphatic rings. The van der Waals surface area contributed by atoms with E-state index in [-0.39, 0.29) is 17.7 Å². The second-order valence-corrected chi connectivity index (χ2v) is 6.26. The number of nitrogens with one attached hydrogen (secondary N) is 1. The summed E-state index contributed by atoms with van der Waals surface area (Å²) in [5.41, 5.74) is 3.81. The summed E-state index contributed by atoms with van der Waals surface area (Å²) in [5.74, 6) is 0.167. The topological polar surface area (TPSA) is 49.4 Å². The van der Waals surface area contributed by atoms with E-state index in [2.05, 4.69) is 18.3 Å². The molecule has 0 bridgehead atoms. The van der Waals surface area contributed by atoms with Crippen molar-refractivity contribution in [1.82, 2.24) is 0 Å². The molecule has 0 aromatic heterocycles. The van der Waals surface area contributed by atoms with Crippen LogP contribution in [0.2, 0.25) is 0 Å². The number of rotatable bonds is 5. The van der Waals surface area contributed by atoms with Gasteiger partial charge in [0.2, 0.25) is 5.91 Å². The number of carbonyl (C=O) groups is 2. The molecule has 1 atom stereocenters. The first kappa shape index (κ1) is 16.2. The lowest BCUT2D eigenvalue weighted by atomic mass is 10.1. The number of ketones is 1. The van der Waals surface area contributed by atoms with Crippen LogP contribution in [0.1, 0.15) is 36.2 Å². The molecule has 0 fully saturated rings. The molecular formula is C20H22N2O2. The van der Waals surface area contributed by atoms with E-state index in [4.69, 9.17) is 0 Å². The zero-order chi connectivity index (χ0) is 17.1. The van der Waals surface area contributed by atoms with Crippen LogP contribution in [0.4, 0.5) is 11.4 Å². The van der Waals surface area contributed by atoms with Gasteiger partial charge in [-0.1, -0.05) is 30.3 Å². The molecule has 0 spiro atoms. The van der Waals surface area contributed by atoms with Gasteiger partial charge < -0.3 is 10.2 Å². The highest BCUT2D eigenvalue weighted by Gasteiger charge is 2.29. The molecule has 0 radical (unpaired) electrons. The summed E-state index contributed by atoms with van der Waals surface area (Å²) < 4.78 is 0. The summed E-state index contributed by atoms with van der Waals surface area (Å²) in [6.07, 6.45) is 1.33. The van der Waals surface area contributed by atoms with Crippen molar-refractivity contribution in [3.8, 4) is 0 Å². The van der Waals surface area contributed by atoms with Crippen LogP contribution in [0, 0.1) is 0 Å². The fourth-order valence-electron chi connectivity index (χ4n) is 3.23. The van der Waals surface area contributed by atoms with Crippen LogP contribution in [-0.4, -0.2) is 24.3 Å². The van der Waals surface area contributed by atoms with E-state index in [1.807, 2.05) is 41.3 Å². The Labute approximate surface area is 142 Å². The average Bonchev–Trinajstić information content (AvgIpc) is 2.90. The van der Waals surface area contributed by atoms with Gasteiger partial charge in [0.25, 0.3) is 0 Å². The number of hydrogen-bond donors (Lipinski definition) is 1. The number of anilines is 2. The van der Waals surface area contributed by atoms with Crippen LogP contribution in [0.5, 0.6) is 0 Å². The molecule has 0 aliphatic carbocycles. The summed E-state index contributed by atoms with van der Waals surface area (Å²) in [6.45, 7) is 4.18. The normalized spacial score (nSPS) is 15.9. The number of hydrogen-bond acceptors (Lipinski definition) is 3. The minimum absolute atomic E-state index is 0.0391. The maximum Gasteiger partial charge on any atom is 0.229 e. The van der Waals surface area contributed by atoms with Gasteiger partial charge in [-0.3, -0.25) is 9.59 Å². The van der Waals surface area contributed by atoms with Gasteiger partial charge in [-0.2, -0.15) is 0 Å². The third-order valence-corrected chi connectivity index (χ3v) is 4.41. The number of para-hydroxylation sites is 1. The van der Waals surface area contributed by atoms with Crippen molar-refractivity contribution >= 4 is 23.1 Å². The fraction of sp³-hybridized carbons (Fsp3) is 0.300. The molecule has 2 aromatic carbocycles. The number of benzene rings is 2. The molecular weight excluding hydrogens is 300 g/mol. The van der Waals surface area contributed by atoms with Gasteiger partial charge in [-0.05, 0) is 44.0 Å². The molecule has 4 heteroatoms. The van der Waals surface area contributed by atoms with Crippen LogP contribution in [0.15, 0.2) is 48.5 Å². The molecule has 1 unspecified atom stereocenters. The van der Waals surface area contributed by atoms with Gasteiger partial charge in [-0.15, -0.1) is 0 Å². The van der Waals surface area contributed by atoms with Crippen molar-refractivity contribution in [2.75, 3.05) is 16.8 Å². The fourth-order valence-corrected chi connectivity index (χ4v) is 3.23. The first-order valence-electron chi connectivity index (χ1n) is 8.31. The van der Waals surface area contributed by atoms with Crippen molar-refractivity contribution in [2.45, 2.75) is 32.7 Å². The Hall–Kier alpha value is -2.62. The Morgan fingerprint density at radius 1 is 1.17 bits per heavy atom. The quantitative estimate of drug-likeness (QED) is 0.855. The highest BCUT2D eigenvalue weighted by atomic mass is 16.2. The molecule has 0 saturated heterocycles. The van der Waals surface area contributed by atoms with Crippen molar-refractivity contribution in [3.05, 3.63) is 59.7 Å². The standard InChI is InChI=1S/C20H22N2O2/c1-14-12-17-6-3-4-9-19(17)22(14)20(24)10-11-21-18-8-5-7-16(13-18)15(2)23/h3-9,13-14,21H,10-12H2,1-2H3. The molecule has 1 amide bonds. The predicted octanol–water partition coefficient (Wildman–Crippen LogP) is 3.67. The SMILES string of the molecule is CC(=O)c1cccc(NCCC(=O)N2c3ccccc3CC2C)c1. The molecule has 1 N–H and O–H groups in total. The van der Waals surface area contributed by atoms with E-state index in [1.165, 1.54) is 5.56 Å². The molecule has 1 heterocycles. The lowest BCUT2D eigenvalue weighted by Gasteiger charge is -2.23. The maximum absolute atomic E-state index is 12.6. The van der Waals surface area contributed by atoms with E-state index in [0.717, 1.165) is 17.8 Å². The Bertz CT molecular complexity index is 770. The zero-order valence-electron chi connectivity index (χ0n) is 14.1. The van der Waals surface area contributed by atoms with E-state index in [1.54, 1.807) is 13.0 Å². The van der Waals surface area contributed by atoms with Gasteiger partial charge in [0.05, 0.1) is 0 Å². The third-order valence-electron chi connectivity index (χ3n) is 4.41. The lowest BCUT2D eigenvalue weighted by Crippen LogP contribution is -2.36. The number of nitrogens with zero attached hydrogens (tertiary/aromatic N) is 1. The second kappa shape index (κ2) is 6.87. The van der Waals surface area contributed by atoms with Crippen molar-refractivity contribution < 1.29 is 9.59 Å². The van der Waals surface area contributed by atoms with E-state index < -0.39 is 0 Å². The van der Waals surface area contributed by atoms with Crippen molar-refractivity contribution in [1.29, 1.82) is 0 Å². The van der Waals surface area contributed by atoms with E-state index in [9.17, 15) is 9.59 Å². The monoisotopic (exact) mass is 322 g/mol. The van der Waals surface area contributed by atoms with E-state index >= 15 is 0 Å². The van der Waals surface area contributed by atoms with Gasteiger partial charge >= 0.3 is 0 Å². The lowest BCUT2D eigenvalue weighted by molar-refractivity contribution is -0.118. The minimum Gasteiger partial charge on any atom is -0.385 e. The summed E-state index contributed by atoms with van der Waals surface area (Å²) >= 11 is 0. The minimum atomic E-state index is 0.0391. The molecule has 0 saturated carbocycles. The van der Waals surface area contributed by atoms with Crippen molar-refractivity contribution in [3.63, 3.8) is 0 Å². The average molecular weight is 322 g/mol. The first-order valence-corrected chi connectivity index (χ1v) is 8.31. The third kappa shape index (κ3) is 3.32. The van der Waals surface area contributed by atoms with Crippen LogP contribution < -0.4 is 10.2 Å². The summed E-state index contributed by atoms with van der Waals surface area (Å²) in [4.78, 5) is 25.9. The van der Waals surface area contributed by atoms with Gasteiger partial charge in [0.1, 0.15) is 0 Å². The van der Waals surface area contributed by atoms with Gasteiger partial charge in [-0.25, -0.2) is 0 Å². The number of Topliss-reactive ketones (excluding diaryl/α,β-unsaturated/α-hetero) is 1. The maximum atomic E-state index is 12.6. The van der Waals surface area contributed by atoms with Crippen LogP contribution in [0.3, 0.4) is 0 Å². The number of fused-ring (bicyclic) bond motifs is 1. The smallest absolute Gasteiger partial charge is 0.229 e. The summed E-state index contributed by atoms with van der Waals surface area (Å²) in [7, 11) is 0. The number of amides is 1. The molecule has 4 nitrogen and oxygen atoms in total. The highest BCUT2D eigenvalue weighted by Crippen LogP contribution is 2.32. The highest BCUT2D eigenvalue weighted by molar-refractivity contribution is 5.96. The molecule has 3 rings (SSSR count). The molecule has 1 aliphatic heterocycles.